The molecule has 1 aromatic rings. The maximum atomic E-state index is 10.3. The largest absolute Gasteiger partial charge is 0.384 e. The lowest BCUT2D eigenvalue weighted by Gasteiger charge is -2.36. The molecule has 0 bridgehead atoms. The van der Waals surface area contributed by atoms with Crippen LogP contribution in [-0.4, -0.2) is 5.11 Å². The molecule has 1 rings (SSSR count). The zero-order valence-corrected chi connectivity index (χ0v) is 9.83. The van der Waals surface area contributed by atoms with Crippen LogP contribution in [0.3, 0.4) is 0 Å². The number of hydrogen-bond donors (Lipinski definition) is 1. The van der Waals surface area contributed by atoms with Gasteiger partial charge in [0.2, 0.25) is 0 Å². The van der Waals surface area contributed by atoms with Gasteiger partial charge in [-0.15, -0.1) is 11.3 Å². The second kappa shape index (κ2) is 3.10. The van der Waals surface area contributed by atoms with Crippen molar-refractivity contribution in [3.63, 3.8) is 0 Å². The lowest BCUT2D eigenvalue weighted by atomic mass is 9.77. The molecule has 0 fully saturated rings. The molecule has 0 aromatic carbocycles. The van der Waals surface area contributed by atoms with Crippen molar-refractivity contribution in [1.29, 1.82) is 0 Å². The number of rotatable bonds is 1. The highest BCUT2D eigenvalue weighted by Gasteiger charge is 2.37. The molecule has 0 aliphatic heterocycles. The van der Waals surface area contributed by atoms with Gasteiger partial charge in [0, 0.05) is 9.75 Å². The molecule has 1 unspecified atom stereocenters. The van der Waals surface area contributed by atoms with Gasteiger partial charge in [-0.3, -0.25) is 0 Å². The minimum absolute atomic E-state index is 0.121. The van der Waals surface area contributed by atoms with E-state index in [9.17, 15) is 5.11 Å². The molecule has 1 aromatic heterocycles. The van der Waals surface area contributed by atoms with Crippen molar-refractivity contribution >= 4 is 11.3 Å². The van der Waals surface area contributed by atoms with E-state index in [0.29, 0.717) is 0 Å². The van der Waals surface area contributed by atoms with E-state index < -0.39 is 5.60 Å². The van der Waals surface area contributed by atoms with Crippen LogP contribution in [0.4, 0.5) is 0 Å². The standard InChI is InChI=1S/C11H18OS/c1-8-6-7-9(13-8)11(5,12)10(2,3)4/h6-7,12H,1-5H3. The minimum Gasteiger partial charge on any atom is -0.384 e. The fraction of sp³-hybridized carbons (Fsp3) is 0.636. The zero-order valence-electron chi connectivity index (χ0n) is 9.01. The van der Waals surface area contributed by atoms with E-state index in [1.807, 2.05) is 13.0 Å². The molecular formula is C11H18OS. The van der Waals surface area contributed by atoms with Crippen LogP contribution in [0.1, 0.15) is 37.4 Å². The van der Waals surface area contributed by atoms with E-state index in [1.54, 1.807) is 11.3 Å². The van der Waals surface area contributed by atoms with Crippen molar-refractivity contribution in [2.75, 3.05) is 0 Å². The van der Waals surface area contributed by atoms with Crippen molar-refractivity contribution < 1.29 is 5.11 Å². The maximum Gasteiger partial charge on any atom is 0.101 e. The third kappa shape index (κ3) is 1.94. The van der Waals surface area contributed by atoms with E-state index in [-0.39, 0.29) is 5.41 Å². The molecule has 0 saturated carbocycles. The summed E-state index contributed by atoms with van der Waals surface area (Å²) in [6.07, 6.45) is 0. The molecule has 2 heteroatoms. The predicted octanol–water partition coefficient (Wildman–Crippen LogP) is 3.31. The average Bonchev–Trinajstić information content (AvgIpc) is 2.33. The van der Waals surface area contributed by atoms with Crippen LogP contribution in [0.5, 0.6) is 0 Å². The zero-order chi connectivity index (χ0) is 10.3. The van der Waals surface area contributed by atoms with Crippen molar-refractivity contribution in [2.45, 2.75) is 40.2 Å². The van der Waals surface area contributed by atoms with Crippen molar-refractivity contribution in [3.8, 4) is 0 Å². The van der Waals surface area contributed by atoms with Gasteiger partial charge in [-0.05, 0) is 31.4 Å². The Kier molecular flexibility index (Phi) is 2.56. The van der Waals surface area contributed by atoms with E-state index in [1.165, 1.54) is 4.88 Å². The Morgan fingerprint density at radius 3 is 2.00 bits per heavy atom. The van der Waals surface area contributed by atoms with Gasteiger partial charge in [-0.1, -0.05) is 20.8 Å². The Bertz CT molecular complexity index is 291. The van der Waals surface area contributed by atoms with Crippen molar-refractivity contribution in [3.05, 3.63) is 21.9 Å². The molecule has 0 aliphatic rings. The Labute approximate surface area is 84.4 Å². The second-order valence-corrected chi connectivity index (χ2v) is 6.02. The van der Waals surface area contributed by atoms with E-state index in [0.717, 1.165) is 4.88 Å². The molecule has 0 saturated heterocycles. The highest BCUT2D eigenvalue weighted by molar-refractivity contribution is 7.12. The van der Waals surface area contributed by atoms with Crippen LogP contribution in [0, 0.1) is 12.3 Å². The third-order valence-electron chi connectivity index (χ3n) is 2.68. The summed E-state index contributed by atoms with van der Waals surface area (Å²) in [5.74, 6) is 0. The van der Waals surface area contributed by atoms with Crippen LogP contribution in [0.2, 0.25) is 0 Å². The number of aryl methyl sites for hydroxylation is 1. The van der Waals surface area contributed by atoms with Crippen LogP contribution in [-0.2, 0) is 5.60 Å². The first-order valence-electron chi connectivity index (χ1n) is 4.54. The maximum absolute atomic E-state index is 10.3. The number of aliphatic hydroxyl groups is 1. The van der Waals surface area contributed by atoms with Gasteiger partial charge < -0.3 is 5.11 Å². The molecule has 0 aliphatic carbocycles. The normalized spacial score (nSPS) is 17.1. The third-order valence-corrected chi connectivity index (χ3v) is 3.89. The van der Waals surface area contributed by atoms with E-state index >= 15 is 0 Å². The molecule has 0 radical (unpaired) electrons. The summed E-state index contributed by atoms with van der Waals surface area (Å²) in [5.41, 5.74) is -0.851. The summed E-state index contributed by atoms with van der Waals surface area (Å²) in [7, 11) is 0. The first-order chi connectivity index (χ1) is 5.75. The summed E-state index contributed by atoms with van der Waals surface area (Å²) in [5, 5.41) is 10.3. The molecule has 1 heterocycles. The Hall–Kier alpha value is -0.340. The van der Waals surface area contributed by atoms with E-state index in [4.69, 9.17) is 0 Å². The predicted molar refractivity (Wildman–Crippen MR) is 58.1 cm³/mol. The second-order valence-electron chi connectivity index (χ2n) is 4.73. The summed E-state index contributed by atoms with van der Waals surface area (Å²) in [6.45, 7) is 10.1. The van der Waals surface area contributed by atoms with Crippen LogP contribution < -0.4 is 0 Å². The van der Waals surface area contributed by atoms with Gasteiger partial charge in [-0.25, -0.2) is 0 Å². The van der Waals surface area contributed by atoms with Crippen molar-refractivity contribution in [2.24, 2.45) is 5.41 Å². The highest BCUT2D eigenvalue weighted by Crippen LogP contribution is 2.41. The van der Waals surface area contributed by atoms with Gasteiger partial charge in [0.25, 0.3) is 0 Å². The summed E-state index contributed by atoms with van der Waals surface area (Å²) in [6, 6.07) is 4.07. The van der Waals surface area contributed by atoms with Crippen LogP contribution in [0.25, 0.3) is 0 Å². The van der Waals surface area contributed by atoms with Crippen LogP contribution >= 0.6 is 11.3 Å². The summed E-state index contributed by atoms with van der Waals surface area (Å²) in [4.78, 5) is 2.30. The average molecular weight is 198 g/mol. The fourth-order valence-electron chi connectivity index (χ4n) is 1.07. The smallest absolute Gasteiger partial charge is 0.101 e. The Balaban J connectivity index is 3.07. The number of thiophene rings is 1. The monoisotopic (exact) mass is 198 g/mol. The van der Waals surface area contributed by atoms with Gasteiger partial charge in [0.1, 0.15) is 5.60 Å². The number of hydrogen-bond acceptors (Lipinski definition) is 2. The van der Waals surface area contributed by atoms with Gasteiger partial charge in [0.15, 0.2) is 0 Å². The van der Waals surface area contributed by atoms with Crippen molar-refractivity contribution in [1.82, 2.24) is 0 Å². The molecule has 74 valence electrons. The lowest BCUT2D eigenvalue weighted by molar-refractivity contribution is -0.0438. The molecule has 0 amide bonds. The summed E-state index contributed by atoms with van der Waals surface area (Å²) >= 11 is 1.67. The molecule has 1 nitrogen and oxygen atoms in total. The van der Waals surface area contributed by atoms with E-state index in [2.05, 4.69) is 33.8 Å². The highest BCUT2D eigenvalue weighted by atomic mass is 32.1. The first kappa shape index (κ1) is 10.7. The Morgan fingerprint density at radius 2 is 1.69 bits per heavy atom. The molecular weight excluding hydrogens is 180 g/mol. The molecule has 13 heavy (non-hydrogen) atoms. The van der Waals surface area contributed by atoms with Crippen LogP contribution in [0.15, 0.2) is 12.1 Å². The molecule has 1 N–H and O–H groups in total. The lowest BCUT2D eigenvalue weighted by Crippen LogP contribution is -2.35. The summed E-state index contributed by atoms with van der Waals surface area (Å²) < 4.78 is 0. The van der Waals surface area contributed by atoms with Gasteiger partial charge in [-0.2, -0.15) is 0 Å². The topological polar surface area (TPSA) is 20.2 Å². The minimum atomic E-state index is -0.730. The molecule has 0 spiro atoms. The first-order valence-corrected chi connectivity index (χ1v) is 5.36. The molecule has 1 atom stereocenters. The quantitative estimate of drug-likeness (QED) is 0.734. The SMILES string of the molecule is Cc1ccc(C(C)(O)C(C)(C)C)s1. The Morgan fingerprint density at radius 1 is 1.15 bits per heavy atom. The fourth-order valence-corrected chi connectivity index (χ4v) is 2.19. The van der Waals surface area contributed by atoms with Gasteiger partial charge >= 0.3 is 0 Å². The van der Waals surface area contributed by atoms with Gasteiger partial charge in [0.05, 0.1) is 0 Å².